The van der Waals surface area contributed by atoms with Crippen LogP contribution in [0.4, 0.5) is 30.2 Å². The molecule has 139 heavy (non-hydrogen) atoms. The van der Waals surface area contributed by atoms with E-state index >= 15 is 0 Å². The summed E-state index contributed by atoms with van der Waals surface area (Å²) >= 11 is 1.95. The van der Waals surface area contributed by atoms with Crippen LogP contribution in [0.1, 0.15) is 92.9 Å². The molecule has 13 aromatic carbocycles. The molecule has 0 saturated heterocycles. The predicted octanol–water partition coefficient (Wildman–Crippen LogP) is 33.8. The van der Waals surface area contributed by atoms with Crippen LogP contribution in [0.3, 0.4) is 0 Å². The molecule has 0 fully saturated rings. The van der Waals surface area contributed by atoms with Crippen molar-refractivity contribution in [3.63, 3.8) is 0 Å². The third-order valence-corrected chi connectivity index (χ3v) is 23.8. The summed E-state index contributed by atoms with van der Waals surface area (Å²) in [5, 5.41) is 0. The summed E-state index contributed by atoms with van der Waals surface area (Å²) < 4.78 is 39.0. The van der Waals surface area contributed by atoms with Crippen molar-refractivity contribution in [3.05, 3.63) is 492 Å². The Bertz CT molecular complexity index is 6640. The second-order valence-electron chi connectivity index (χ2n) is 33.7. The summed E-state index contributed by atoms with van der Waals surface area (Å²) in [6.07, 6.45) is 10.7. The van der Waals surface area contributed by atoms with E-state index in [2.05, 4.69) is 317 Å². The van der Waals surface area contributed by atoms with Crippen LogP contribution in [0.25, 0.3) is 123 Å². The van der Waals surface area contributed by atoms with Crippen LogP contribution < -0.4 is 4.90 Å². The molecule has 0 bridgehead atoms. The molecule has 6 aromatic heterocycles. The number of thioether (sulfide) groups is 1. The van der Waals surface area contributed by atoms with E-state index in [-0.39, 0.29) is 60.3 Å². The van der Waals surface area contributed by atoms with E-state index < -0.39 is 11.7 Å². The van der Waals surface area contributed by atoms with E-state index in [0.29, 0.717) is 16.7 Å². The first-order chi connectivity index (χ1) is 66.0. The van der Waals surface area contributed by atoms with Gasteiger partial charge in [0, 0.05) is 114 Å². The van der Waals surface area contributed by atoms with Crippen LogP contribution in [-0.2, 0) is 66.5 Å². The fraction of sp³-hybridized carbons (Fsp3) is 0.136. The van der Waals surface area contributed by atoms with Crippen molar-refractivity contribution in [2.45, 2.75) is 113 Å². The molecule has 14 heteroatoms. The zero-order valence-corrected chi connectivity index (χ0v) is 88.0. The zero-order valence-electron chi connectivity index (χ0n) is 80.0. The molecule has 703 valence electrons. The van der Waals surface area contributed by atoms with Crippen molar-refractivity contribution in [2.75, 3.05) is 10.7 Å². The zero-order chi connectivity index (χ0) is 95.3. The van der Waals surface area contributed by atoms with Crippen molar-refractivity contribution in [1.29, 1.82) is 0 Å². The van der Waals surface area contributed by atoms with Gasteiger partial charge in [-0.05, 0) is 271 Å². The van der Waals surface area contributed by atoms with Crippen LogP contribution >= 0.6 is 11.8 Å². The molecule has 0 spiro atoms. The number of pyridine rings is 6. The maximum atomic E-state index is 13.0. The number of hydrogen-bond donors (Lipinski definition) is 0. The monoisotopic (exact) mass is 2370 g/mol. The van der Waals surface area contributed by atoms with E-state index in [0.717, 1.165) is 96.2 Å². The number of unbranched alkanes of at least 4 members (excludes halogenated alkanes) is 2. The molecule has 0 unspecified atom stereocenters. The fourth-order valence-corrected chi connectivity index (χ4v) is 17.8. The molecule has 19 rings (SSSR count). The van der Waals surface area contributed by atoms with Crippen LogP contribution in [0.2, 0.25) is 0 Å². The fourth-order valence-electron chi connectivity index (χ4n) is 16.8. The molecule has 6 heterocycles. The minimum Gasteiger partial charge on any atom is -0.328 e. The number of halogens is 3. The van der Waals surface area contributed by atoms with Gasteiger partial charge in [-0.3, -0.25) is 0 Å². The number of para-hydroxylation sites is 2. The van der Waals surface area contributed by atoms with Gasteiger partial charge in [0.1, 0.15) is 0 Å². The Morgan fingerprint density at radius 3 is 1.05 bits per heavy atom. The molecule has 3 radical (unpaired) electrons. The minimum absolute atomic E-state index is 0. The number of rotatable bonds is 19. The van der Waals surface area contributed by atoms with Gasteiger partial charge in [-0.15, -0.1) is 220 Å². The molecule has 7 nitrogen and oxygen atoms in total. The number of benzene rings is 13. The Hall–Kier alpha value is -13.4. The summed E-state index contributed by atoms with van der Waals surface area (Å²) in [7, 11) is 0. The average molecular weight is 2370 g/mol. The van der Waals surface area contributed by atoms with Gasteiger partial charge >= 0.3 is 6.18 Å². The van der Waals surface area contributed by atoms with Crippen molar-refractivity contribution >= 4 is 28.8 Å². The van der Waals surface area contributed by atoms with Crippen LogP contribution in [0, 0.1) is 113 Å². The smallest absolute Gasteiger partial charge is 0.328 e. The summed E-state index contributed by atoms with van der Waals surface area (Å²) in [5.74, 6) is 1.19. The summed E-state index contributed by atoms with van der Waals surface area (Å²) in [4.78, 5) is 30.5. The van der Waals surface area contributed by atoms with Crippen molar-refractivity contribution in [3.8, 4) is 123 Å². The Labute approximate surface area is 864 Å². The quantitative estimate of drug-likeness (QED) is 0.0450. The van der Waals surface area contributed by atoms with Crippen LogP contribution in [-0.4, -0.2) is 35.7 Å². The largest absolute Gasteiger partial charge is 0.416 e. The van der Waals surface area contributed by atoms with Gasteiger partial charge in [0.05, 0.1) is 5.56 Å². The second kappa shape index (κ2) is 52.4. The normalized spacial score (nSPS) is 10.5. The van der Waals surface area contributed by atoms with Gasteiger partial charge in [0.2, 0.25) is 0 Å². The average Bonchev–Trinajstić information content (AvgIpc) is 0.762. The van der Waals surface area contributed by atoms with Gasteiger partial charge in [-0.1, -0.05) is 207 Å². The minimum atomic E-state index is -4.36. The molecule has 0 N–H and O–H groups in total. The molecule has 0 saturated carbocycles. The van der Waals surface area contributed by atoms with E-state index in [1.165, 1.54) is 131 Å². The Balaban J connectivity index is 0.000000159. The molecular weight excluding hydrogens is 2270 g/mol. The van der Waals surface area contributed by atoms with Crippen molar-refractivity contribution in [1.82, 2.24) is 29.9 Å². The maximum Gasteiger partial charge on any atom is 0.416 e. The van der Waals surface area contributed by atoms with E-state index in [4.69, 9.17) is 0 Å². The number of nitrogens with zero attached hydrogens (tertiary/aromatic N) is 7. The van der Waals surface area contributed by atoms with Gasteiger partial charge in [0.15, 0.2) is 0 Å². The predicted molar refractivity (Wildman–Crippen MR) is 560 cm³/mol. The Morgan fingerprint density at radius 2 is 0.655 bits per heavy atom. The number of hydrogen-bond acceptors (Lipinski definition) is 8. The Morgan fingerprint density at radius 1 is 0.281 bits per heavy atom. The molecule has 0 aliphatic heterocycles. The van der Waals surface area contributed by atoms with E-state index in [1.807, 2.05) is 188 Å². The first-order valence-corrected chi connectivity index (χ1v) is 46.7. The first-order valence-electron chi connectivity index (χ1n) is 45.7. The Kier molecular flexibility index (Phi) is 40.0. The summed E-state index contributed by atoms with van der Waals surface area (Å²) in [5.41, 5.74) is 38.6. The molecule has 19 aromatic rings. The van der Waals surface area contributed by atoms with Gasteiger partial charge < -0.3 is 34.8 Å². The maximum absolute atomic E-state index is 13.0. The van der Waals surface area contributed by atoms with Crippen LogP contribution in [0.15, 0.2) is 394 Å². The van der Waals surface area contributed by atoms with Gasteiger partial charge in [0.25, 0.3) is 0 Å². The van der Waals surface area contributed by atoms with Crippen LogP contribution in [0.5, 0.6) is 0 Å². The van der Waals surface area contributed by atoms with E-state index in [9.17, 15) is 13.2 Å². The number of aryl methyl sites for hydroxylation is 11. The third kappa shape index (κ3) is 29.8. The molecule has 0 aliphatic rings. The standard InChI is InChI=1S/C23H17N2.C23H24NS.3C20H18N.C19H13F3N.3Ir/c1-3-11-20(12-4-1)25(21-13-5-2-6-14-21)22-15-9-10-19(18-22)23-16-7-8-17-24-23;1-3-4-7-13-25-22-10-8-9-19(17-22)20-14-18(2)15-21(16-20)23-11-5-6-12-24-23;3*1-14-11-15(2)20(16(3)12-14)18-9-10-19(21-13-18)17-7-5-4-6-8-17;1-13-9-16(12-17(10-13)19(20,21)22)14-5-4-6-15(11-14)18-7-2-3-8-23-18;;;/h1-9,11-18H;5-6,8-12,14,16-17H,3-4,7,13H2,1-2H3;3*4-7,9-13H,1-3H3;2-5,7-12H,1H3;;;/q6*-1;;;. The number of alkyl halides is 3. The second-order valence-corrected chi connectivity index (χ2v) is 34.9. The summed E-state index contributed by atoms with van der Waals surface area (Å²) in [6.45, 7) is 25.4. The molecule has 0 amide bonds. The SMILES string of the molecule is CCCCCSc1cccc(-c2cc(C)[c-]c(-c3ccccn3)c2)c1.Cc1cc(-c2cc[c-]c(-c3ccccn3)c2)cc(C(F)(F)F)c1.Cc1cc(C)c(-c2ccc(-c3[c-]cccc3)nc2)c(C)c1.Cc1cc(C)c(-c2ccc(-c3[c-]cccc3)nc2)c(C)c1.Cc1cc(C)c(-c2ccc(-c3[c-]cccc3)nc2)c(C)c1.[Ir].[Ir].[Ir].[c-]1ccc(N(c2ccccc2)c2ccccc2)cc1-c1ccccn1. The molecule has 0 atom stereocenters. The number of anilines is 3. The van der Waals surface area contributed by atoms with Crippen molar-refractivity contribution in [2.24, 2.45) is 0 Å². The third-order valence-electron chi connectivity index (χ3n) is 22.8. The topological polar surface area (TPSA) is 80.6 Å². The van der Waals surface area contributed by atoms with Crippen molar-refractivity contribution < 1.29 is 73.5 Å². The van der Waals surface area contributed by atoms with Gasteiger partial charge in [-0.25, -0.2) is 0 Å². The number of aromatic nitrogens is 6. The molecular formula is C125H108F3Ir3N7S-6. The first kappa shape index (κ1) is 106. The van der Waals surface area contributed by atoms with E-state index in [1.54, 1.807) is 37.4 Å². The summed E-state index contributed by atoms with van der Waals surface area (Å²) in [6, 6.07) is 136. The van der Waals surface area contributed by atoms with Gasteiger partial charge in [-0.2, -0.15) is 13.2 Å². The molecule has 0 aliphatic carbocycles.